The Kier molecular flexibility index (Phi) is 5.96. The van der Waals surface area contributed by atoms with Gasteiger partial charge in [-0.1, -0.05) is 24.5 Å². The predicted molar refractivity (Wildman–Crippen MR) is 101 cm³/mol. The molecule has 0 spiro atoms. The highest BCUT2D eigenvalue weighted by Gasteiger charge is 2.45. The summed E-state index contributed by atoms with van der Waals surface area (Å²) in [4.78, 5) is 16.2. The second-order valence-electron chi connectivity index (χ2n) is 7.13. The fourth-order valence-electron chi connectivity index (χ4n) is 3.67. The minimum Gasteiger partial charge on any atom is -0.344 e. The van der Waals surface area contributed by atoms with Gasteiger partial charge < -0.3 is 9.80 Å². The molecule has 0 aromatic carbocycles. The van der Waals surface area contributed by atoms with Crippen LogP contribution in [-0.2, 0) is 4.79 Å². The Balaban J connectivity index is 0.000000216. The van der Waals surface area contributed by atoms with Gasteiger partial charge in [-0.25, -0.2) is 0 Å². The van der Waals surface area contributed by atoms with Crippen LogP contribution in [0.1, 0.15) is 31.2 Å². The van der Waals surface area contributed by atoms with Crippen LogP contribution in [0.15, 0.2) is 18.2 Å². The van der Waals surface area contributed by atoms with Crippen LogP contribution < -0.4 is 0 Å². The number of halogens is 1. The first-order valence-corrected chi connectivity index (χ1v) is 8.62. The molecular weight excluding hydrogens is 320 g/mol. The zero-order chi connectivity index (χ0) is 16.4. The number of hydrogen-bond donors (Lipinski definition) is 0. The third kappa shape index (κ3) is 3.94. The van der Waals surface area contributed by atoms with Crippen molar-refractivity contribution in [3.05, 3.63) is 23.8 Å². The lowest BCUT2D eigenvalue weighted by molar-refractivity contribution is -0.133. The topological polar surface area (TPSA) is 23.6 Å². The summed E-state index contributed by atoms with van der Waals surface area (Å²) >= 11 is 0. The SMILES string of the molecule is C#CC1(CN2CCCCC2)CCN(C)C1=O.Cc1cc2cc-2c1.Cl. The fourth-order valence-corrected chi connectivity index (χ4v) is 3.67. The molecule has 1 amide bonds. The van der Waals surface area contributed by atoms with E-state index in [9.17, 15) is 4.79 Å². The number of piperidine rings is 1. The van der Waals surface area contributed by atoms with Crippen LogP contribution in [0, 0.1) is 24.7 Å². The lowest BCUT2D eigenvalue weighted by atomic mass is 9.86. The van der Waals surface area contributed by atoms with Gasteiger partial charge in [0.1, 0.15) is 5.41 Å². The van der Waals surface area contributed by atoms with Crippen molar-refractivity contribution in [2.75, 3.05) is 33.2 Å². The van der Waals surface area contributed by atoms with E-state index in [2.05, 4.69) is 35.9 Å². The molecular formula is C20H27ClN2O. The highest BCUT2D eigenvalue weighted by atomic mass is 35.5. The number of benzene rings is 1. The number of carbonyl (C=O) groups excluding carboxylic acids is 1. The largest absolute Gasteiger partial charge is 0.344 e. The molecule has 4 rings (SSSR count). The van der Waals surface area contributed by atoms with Gasteiger partial charge in [0, 0.05) is 20.1 Å². The van der Waals surface area contributed by atoms with Crippen LogP contribution in [-0.4, -0.2) is 48.9 Å². The highest BCUT2D eigenvalue weighted by molar-refractivity contribution is 5.88. The van der Waals surface area contributed by atoms with Crippen molar-refractivity contribution in [3.8, 4) is 23.5 Å². The van der Waals surface area contributed by atoms with Crippen molar-refractivity contribution in [3.63, 3.8) is 0 Å². The minimum atomic E-state index is -0.536. The number of aryl methyl sites for hydroxylation is 1. The van der Waals surface area contributed by atoms with Gasteiger partial charge in [-0.15, -0.1) is 18.8 Å². The van der Waals surface area contributed by atoms with E-state index in [1.165, 1.54) is 36.0 Å². The van der Waals surface area contributed by atoms with Crippen molar-refractivity contribution in [1.82, 2.24) is 9.80 Å². The molecule has 0 bridgehead atoms. The fraction of sp³-hybridized carbons (Fsp3) is 0.550. The summed E-state index contributed by atoms with van der Waals surface area (Å²) in [5.74, 6) is 2.91. The van der Waals surface area contributed by atoms with Gasteiger partial charge in [0.2, 0.25) is 5.91 Å². The summed E-state index contributed by atoms with van der Waals surface area (Å²) in [6.07, 6.45) is 10.2. The third-order valence-electron chi connectivity index (χ3n) is 5.18. The first-order valence-electron chi connectivity index (χ1n) is 8.62. The van der Waals surface area contributed by atoms with Gasteiger partial charge in [-0.3, -0.25) is 4.79 Å². The van der Waals surface area contributed by atoms with Crippen LogP contribution in [0.5, 0.6) is 0 Å². The van der Waals surface area contributed by atoms with Gasteiger partial charge >= 0.3 is 0 Å². The van der Waals surface area contributed by atoms with E-state index < -0.39 is 5.41 Å². The minimum absolute atomic E-state index is 0. The standard InChI is InChI=1S/C13H20N2O.C7H6.ClH/c1-3-13(7-10-14(2)12(13)16)11-15-8-5-4-6-9-15;1-5-2-6-4-7(6)3-5;/h1H,4-11H2,2H3;2-4H,1H3;1H. The second kappa shape index (κ2) is 7.59. The molecule has 2 aliphatic carbocycles. The molecule has 0 aromatic heterocycles. The van der Waals surface area contributed by atoms with Crippen LogP contribution in [0.4, 0.5) is 0 Å². The van der Waals surface area contributed by atoms with Crippen LogP contribution in [0.2, 0.25) is 0 Å². The molecule has 0 saturated carbocycles. The smallest absolute Gasteiger partial charge is 0.241 e. The maximum absolute atomic E-state index is 12.1. The Labute approximate surface area is 151 Å². The van der Waals surface area contributed by atoms with Crippen molar-refractivity contribution in [2.24, 2.45) is 5.41 Å². The zero-order valence-corrected chi connectivity index (χ0v) is 15.5. The lowest BCUT2D eigenvalue weighted by Crippen LogP contribution is -2.44. The van der Waals surface area contributed by atoms with Crippen molar-refractivity contribution in [2.45, 2.75) is 32.6 Å². The molecule has 0 radical (unpaired) electrons. The Morgan fingerprint density at radius 3 is 2.17 bits per heavy atom. The van der Waals surface area contributed by atoms with E-state index in [4.69, 9.17) is 6.42 Å². The molecule has 2 saturated heterocycles. The zero-order valence-electron chi connectivity index (χ0n) is 14.7. The Bertz CT molecular complexity index is 625. The van der Waals surface area contributed by atoms with Crippen LogP contribution in [0.25, 0.3) is 11.1 Å². The van der Waals surface area contributed by atoms with Crippen LogP contribution in [0.3, 0.4) is 0 Å². The van der Waals surface area contributed by atoms with E-state index in [0.717, 1.165) is 32.6 Å². The van der Waals surface area contributed by atoms with E-state index in [1.54, 1.807) is 4.90 Å². The molecule has 2 heterocycles. The van der Waals surface area contributed by atoms with Crippen LogP contribution >= 0.6 is 12.4 Å². The number of rotatable bonds is 2. The first kappa shape index (κ1) is 18.8. The molecule has 2 fully saturated rings. The van der Waals surface area contributed by atoms with Gasteiger partial charge in [-0.2, -0.15) is 0 Å². The third-order valence-corrected chi connectivity index (χ3v) is 5.18. The summed E-state index contributed by atoms with van der Waals surface area (Å²) in [5.41, 5.74) is 3.74. The Hall–Kier alpha value is -1.50. The Morgan fingerprint density at radius 1 is 1.12 bits per heavy atom. The van der Waals surface area contributed by atoms with Gasteiger partial charge in [-0.05, 0) is 62.0 Å². The molecule has 1 unspecified atom stereocenters. The summed E-state index contributed by atoms with van der Waals surface area (Å²) in [7, 11) is 1.84. The number of terminal acetylenes is 1. The van der Waals surface area contributed by atoms with Crippen molar-refractivity contribution in [1.29, 1.82) is 0 Å². The van der Waals surface area contributed by atoms with E-state index in [0.29, 0.717) is 0 Å². The molecule has 130 valence electrons. The predicted octanol–water partition coefficient (Wildman–Crippen LogP) is 3.35. The number of nitrogens with zero attached hydrogens (tertiary/aromatic N) is 2. The van der Waals surface area contributed by atoms with Gasteiger partial charge in [0.05, 0.1) is 0 Å². The van der Waals surface area contributed by atoms with E-state index in [-0.39, 0.29) is 18.3 Å². The summed E-state index contributed by atoms with van der Waals surface area (Å²) in [6, 6.07) is 6.59. The average Bonchev–Trinajstić information content (AvgIpc) is 3.08. The first-order chi connectivity index (χ1) is 11.0. The molecule has 24 heavy (non-hydrogen) atoms. The van der Waals surface area contributed by atoms with Gasteiger partial charge in [0.25, 0.3) is 0 Å². The maximum atomic E-state index is 12.1. The summed E-state index contributed by atoms with van der Waals surface area (Å²) < 4.78 is 0. The Morgan fingerprint density at radius 2 is 1.75 bits per heavy atom. The summed E-state index contributed by atoms with van der Waals surface area (Å²) in [6.45, 7) is 5.88. The molecule has 2 aliphatic heterocycles. The monoisotopic (exact) mass is 346 g/mol. The quantitative estimate of drug-likeness (QED) is 0.778. The number of fused-ring (bicyclic) bond motifs is 1. The number of amides is 1. The van der Waals surface area contributed by atoms with Crippen molar-refractivity contribution < 1.29 is 4.79 Å². The molecule has 4 heteroatoms. The molecule has 0 N–H and O–H groups in total. The number of likely N-dealkylation sites (tertiary alicyclic amines) is 2. The molecule has 3 nitrogen and oxygen atoms in total. The van der Waals surface area contributed by atoms with E-state index in [1.807, 2.05) is 7.05 Å². The number of carbonyl (C=O) groups is 1. The average molecular weight is 347 g/mol. The molecule has 1 atom stereocenters. The second-order valence-corrected chi connectivity index (χ2v) is 7.13. The van der Waals surface area contributed by atoms with Crippen molar-refractivity contribution >= 4 is 18.3 Å². The highest BCUT2D eigenvalue weighted by Crippen LogP contribution is 2.35. The molecule has 0 aromatic rings. The van der Waals surface area contributed by atoms with Gasteiger partial charge in [0.15, 0.2) is 0 Å². The normalized spacial score (nSPS) is 24.5. The molecule has 4 aliphatic rings. The summed E-state index contributed by atoms with van der Waals surface area (Å²) in [5, 5.41) is 0. The number of hydrogen-bond acceptors (Lipinski definition) is 2. The van der Waals surface area contributed by atoms with E-state index >= 15 is 0 Å². The maximum Gasteiger partial charge on any atom is 0.241 e. The lowest BCUT2D eigenvalue weighted by Gasteiger charge is -2.32.